The molecule has 2 aliphatic heterocycles. The van der Waals surface area contributed by atoms with E-state index in [4.69, 9.17) is 23.2 Å². The molecule has 4 N–H and O–H groups in total. The van der Waals surface area contributed by atoms with E-state index >= 15 is 8.78 Å². The average molecular weight is 626 g/mol. The van der Waals surface area contributed by atoms with Crippen molar-refractivity contribution in [2.75, 3.05) is 38.5 Å². The second kappa shape index (κ2) is 13.1. The maximum Gasteiger partial charge on any atom is 0.237 e. The maximum absolute atomic E-state index is 15.9. The molecule has 0 spiro atoms. The van der Waals surface area contributed by atoms with Crippen LogP contribution in [0.2, 0.25) is 10.0 Å². The van der Waals surface area contributed by atoms with Crippen LogP contribution in [0.1, 0.15) is 57.1 Å². The third-order valence-corrected chi connectivity index (χ3v) is 9.08. The minimum Gasteiger partial charge on any atom is -0.393 e. The second-order valence-corrected chi connectivity index (χ2v) is 13.4. The van der Waals surface area contributed by atoms with Crippen molar-refractivity contribution >= 4 is 41.1 Å². The zero-order valence-corrected chi connectivity index (χ0v) is 26.0. The first kappa shape index (κ1) is 32.6. The Morgan fingerprint density at radius 2 is 1.88 bits per heavy atom. The van der Waals surface area contributed by atoms with E-state index in [1.807, 2.05) is 20.8 Å². The fourth-order valence-corrected chi connectivity index (χ4v) is 6.83. The molecule has 2 aromatic carbocycles. The van der Waals surface area contributed by atoms with Crippen LogP contribution in [0.4, 0.5) is 14.5 Å². The van der Waals surface area contributed by atoms with Gasteiger partial charge in [-0.3, -0.25) is 4.79 Å². The molecule has 230 valence electrons. The van der Waals surface area contributed by atoms with Gasteiger partial charge in [0.05, 0.1) is 27.6 Å². The van der Waals surface area contributed by atoms with Gasteiger partial charge in [0.2, 0.25) is 5.91 Å². The zero-order chi connectivity index (χ0) is 30.8. The molecule has 1 amide bonds. The van der Waals surface area contributed by atoms with Gasteiger partial charge in [-0.1, -0.05) is 56.1 Å². The zero-order valence-electron chi connectivity index (χ0n) is 24.4. The van der Waals surface area contributed by atoms with Crippen molar-refractivity contribution in [1.82, 2.24) is 15.5 Å². The lowest BCUT2D eigenvalue weighted by atomic mass is 9.62. The summed E-state index contributed by atoms with van der Waals surface area (Å²) >= 11 is 12.4. The first-order valence-electron chi connectivity index (χ1n) is 14.3. The van der Waals surface area contributed by atoms with Crippen molar-refractivity contribution < 1.29 is 23.5 Å². The van der Waals surface area contributed by atoms with Gasteiger partial charge in [0.1, 0.15) is 17.9 Å². The number of aliphatic hydroxyl groups is 1. The third kappa shape index (κ3) is 6.60. The Kier molecular flexibility index (Phi) is 10.2. The first-order chi connectivity index (χ1) is 19.8. The average Bonchev–Trinajstić information content (AvgIpc) is 3.25. The van der Waals surface area contributed by atoms with E-state index in [-0.39, 0.29) is 32.7 Å². The topological polar surface area (TPSA) is 93.7 Å². The van der Waals surface area contributed by atoms with Crippen molar-refractivity contribution in [2.24, 2.45) is 5.41 Å². The number of hydrogen-bond donors (Lipinski definition) is 4. The van der Waals surface area contributed by atoms with Crippen molar-refractivity contribution in [3.63, 3.8) is 0 Å². The van der Waals surface area contributed by atoms with E-state index in [0.717, 1.165) is 19.4 Å². The highest BCUT2D eigenvalue weighted by Crippen LogP contribution is 2.53. The number of nitrogens with zero attached hydrogens (tertiary/aromatic N) is 1. The molecule has 0 saturated carbocycles. The summed E-state index contributed by atoms with van der Waals surface area (Å²) in [4.78, 5) is 29.6. The summed E-state index contributed by atoms with van der Waals surface area (Å²) in [6.45, 7) is 8.37. The molecule has 1 unspecified atom stereocenters. The lowest BCUT2D eigenvalue weighted by Gasteiger charge is -2.39. The van der Waals surface area contributed by atoms with Crippen LogP contribution >= 0.6 is 23.2 Å². The maximum atomic E-state index is 15.9. The summed E-state index contributed by atoms with van der Waals surface area (Å²) in [5, 5.41) is 18.9. The van der Waals surface area contributed by atoms with Crippen LogP contribution in [-0.4, -0.2) is 73.6 Å². The van der Waals surface area contributed by atoms with Gasteiger partial charge in [-0.05, 0) is 54.0 Å². The number of likely N-dealkylation sites (tertiary alicyclic amines) is 1. The molecule has 2 heterocycles. The van der Waals surface area contributed by atoms with Crippen LogP contribution in [-0.2, 0) is 15.0 Å². The number of rotatable bonds is 9. The molecule has 0 aliphatic carbocycles. The van der Waals surface area contributed by atoms with E-state index in [9.17, 15) is 14.7 Å². The van der Waals surface area contributed by atoms with Crippen molar-refractivity contribution in [3.8, 4) is 0 Å². The Hall–Kier alpha value is -2.30. The number of anilines is 1. The summed E-state index contributed by atoms with van der Waals surface area (Å²) < 4.78 is 31.0. The lowest BCUT2D eigenvalue weighted by Crippen LogP contribution is -2.48. The van der Waals surface area contributed by atoms with E-state index < -0.39 is 41.0 Å². The molecule has 42 heavy (non-hydrogen) atoms. The molecule has 0 aromatic heterocycles. The Morgan fingerprint density at radius 1 is 1.19 bits per heavy atom. The van der Waals surface area contributed by atoms with Crippen LogP contribution in [0.25, 0.3) is 0 Å². The van der Waals surface area contributed by atoms with E-state index in [2.05, 4.69) is 20.9 Å². The predicted octanol–water partition coefficient (Wildman–Crippen LogP) is 4.88. The molecule has 4 rings (SSSR count). The normalized spacial score (nSPS) is 25.4. The van der Waals surface area contributed by atoms with Gasteiger partial charge in [0.25, 0.3) is 0 Å². The number of benzene rings is 2. The first-order valence-corrected chi connectivity index (χ1v) is 15.1. The van der Waals surface area contributed by atoms with E-state index in [1.165, 1.54) is 24.3 Å². The molecule has 2 aromatic rings. The van der Waals surface area contributed by atoms with Gasteiger partial charge < -0.3 is 30.8 Å². The second-order valence-electron chi connectivity index (χ2n) is 12.6. The minimum absolute atomic E-state index is 0.0843. The number of piperidine rings is 1. The number of carbonyl (C=O) groups excluding carboxylic acids is 2. The van der Waals surface area contributed by atoms with Crippen LogP contribution in [0, 0.1) is 17.0 Å². The Bertz CT molecular complexity index is 1300. The molecule has 7 nitrogen and oxygen atoms in total. The number of hydrogen-bond acceptors (Lipinski definition) is 6. The summed E-state index contributed by atoms with van der Waals surface area (Å²) in [5.41, 5.74) is -1.14. The number of carbonyl (C=O) groups is 2. The number of aliphatic hydroxyl groups excluding tert-OH is 1. The van der Waals surface area contributed by atoms with Gasteiger partial charge in [0, 0.05) is 50.9 Å². The fourth-order valence-electron chi connectivity index (χ4n) is 6.48. The highest BCUT2D eigenvalue weighted by molar-refractivity contribution is 6.31. The van der Waals surface area contributed by atoms with Gasteiger partial charge in [-0.25, -0.2) is 8.78 Å². The molecule has 2 aliphatic rings. The largest absolute Gasteiger partial charge is 0.393 e. The number of aldehydes is 1. The molecule has 0 radical (unpaired) electrons. The summed E-state index contributed by atoms with van der Waals surface area (Å²) in [5.74, 6) is -2.94. The molecule has 0 bridgehead atoms. The van der Waals surface area contributed by atoms with Crippen molar-refractivity contribution in [1.29, 1.82) is 0 Å². The highest BCUT2D eigenvalue weighted by Gasteiger charge is 2.60. The Balaban J connectivity index is 1.83. The van der Waals surface area contributed by atoms with Crippen LogP contribution in [0.5, 0.6) is 0 Å². The van der Waals surface area contributed by atoms with Crippen molar-refractivity contribution in [3.05, 3.63) is 63.1 Å². The Labute approximate surface area is 256 Å². The smallest absolute Gasteiger partial charge is 0.237 e. The lowest BCUT2D eigenvalue weighted by molar-refractivity contribution is -0.123. The van der Waals surface area contributed by atoms with Crippen LogP contribution in [0.3, 0.4) is 0 Å². The SMILES string of the molecule is CNc1cc(Cl)c(F)cc1[C@@]1(C=O)C(c2cccc(Cl)c2F)[C@H](C(=O)NCCN2CCC(O)CC2)N[C@@H]1CC(C)(C)C. The predicted molar refractivity (Wildman–Crippen MR) is 162 cm³/mol. The van der Waals surface area contributed by atoms with Crippen LogP contribution in [0.15, 0.2) is 30.3 Å². The van der Waals surface area contributed by atoms with Gasteiger partial charge in [-0.15, -0.1) is 0 Å². The number of amides is 1. The van der Waals surface area contributed by atoms with Gasteiger partial charge >= 0.3 is 0 Å². The molecular formula is C31H40Cl2F2N4O3. The van der Waals surface area contributed by atoms with Crippen LogP contribution < -0.4 is 16.0 Å². The Morgan fingerprint density at radius 3 is 2.50 bits per heavy atom. The number of nitrogens with one attached hydrogen (secondary N) is 3. The number of halogens is 4. The monoisotopic (exact) mass is 624 g/mol. The fraction of sp³-hybridized carbons (Fsp3) is 0.548. The third-order valence-electron chi connectivity index (χ3n) is 8.50. The van der Waals surface area contributed by atoms with Gasteiger partial charge in [0.15, 0.2) is 0 Å². The molecule has 2 fully saturated rings. The molecule has 2 saturated heterocycles. The van der Waals surface area contributed by atoms with E-state index in [0.29, 0.717) is 38.0 Å². The molecular weight excluding hydrogens is 585 g/mol. The molecule has 11 heteroatoms. The van der Waals surface area contributed by atoms with E-state index in [1.54, 1.807) is 13.1 Å². The minimum atomic E-state index is -1.58. The summed E-state index contributed by atoms with van der Waals surface area (Å²) in [6, 6.07) is 5.40. The van der Waals surface area contributed by atoms with Gasteiger partial charge in [-0.2, -0.15) is 0 Å². The quantitative estimate of drug-likeness (QED) is 0.297. The highest BCUT2D eigenvalue weighted by atomic mass is 35.5. The summed E-state index contributed by atoms with van der Waals surface area (Å²) in [7, 11) is 1.63. The van der Waals surface area contributed by atoms with Crippen molar-refractivity contribution in [2.45, 2.75) is 69.6 Å². The summed E-state index contributed by atoms with van der Waals surface area (Å²) in [6.07, 6.45) is 2.18. The molecule has 4 atom stereocenters. The standard InChI is InChI=1S/C31H40Cl2F2N4O3/c1-30(2,3)16-25-31(17-40,20-14-23(34)22(33)15-24(20)36-4)26(19-6-5-7-21(32)27(19)35)28(38-25)29(42)37-10-13-39-11-8-18(41)9-12-39/h5-7,14-15,17-18,25-26,28,36,38,41H,8-13,16H2,1-4H3,(H,37,42)/t25-,26?,28-,31-/m1/s1.